The van der Waals surface area contributed by atoms with Gasteiger partial charge in [-0.2, -0.15) is 0 Å². The summed E-state index contributed by atoms with van der Waals surface area (Å²) in [4.78, 5) is 16.0. The Balaban J connectivity index is 1.89. The number of rotatable bonds is 5. The smallest absolute Gasteiger partial charge is 0.271 e. The van der Waals surface area contributed by atoms with Gasteiger partial charge in [-0.15, -0.1) is 0 Å². The summed E-state index contributed by atoms with van der Waals surface area (Å²) in [5.41, 5.74) is 0.881. The van der Waals surface area contributed by atoms with Crippen molar-refractivity contribution in [1.29, 1.82) is 0 Å². The zero-order valence-electron chi connectivity index (χ0n) is 10.9. The number of carbonyl (C=O) groups excluding carboxylic acids is 1. The molecular weight excluding hydrogens is 240 g/mol. The highest BCUT2D eigenvalue weighted by atomic mass is 16.2. The van der Waals surface area contributed by atoms with Gasteiger partial charge in [-0.3, -0.25) is 4.79 Å². The van der Waals surface area contributed by atoms with Crippen molar-refractivity contribution >= 4 is 5.91 Å². The molecule has 1 amide bonds. The van der Waals surface area contributed by atoms with Crippen LogP contribution in [0.15, 0.2) is 18.3 Å². The fraction of sp³-hybridized carbons (Fsp3) is 0.467. The van der Waals surface area contributed by atoms with Crippen molar-refractivity contribution < 1.29 is 9.90 Å². The fourth-order valence-corrected chi connectivity index (χ4v) is 1.90. The minimum Gasteiger partial charge on any atom is -0.384 e. The quantitative estimate of drug-likeness (QED) is 0.619. The number of pyridine rings is 1. The monoisotopic (exact) mass is 258 g/mol. The van der Waals surface area contributed by atoms with Crippen LogP contribution in [0.2, 0.25) is 0 Å². The number of nitrogens with zero attached hydrogens (tertiary/aromatic N) is 1. The molecule has 0 atom stereocenters. The average Bonchev–Trinajstić information content (AvgIpc) is 3.25. The first kappa shape index (κ1) is 13.6. The number of nitrogens with one attached hydrogen (secondary N) is 1. The van der Waals surface area contributed by atoms with E-state index in [4.69, 9.17) is 5.11 Å². The van der Waals surface area contributed by atoms with Crippen molar-refractivity contribution in [3.8, 4) is 11.8 Å². The second-order valence-corrected chi connectivity index (χ2v) is 4.70. The van der Waals surface area contributed by atoms with E-state index >= 15 is 0 Å². The molecule has 2 N–H and O–H groups in total. The van der Waals surface area contributed by atoms with Crippen molar-refractivity contribution in [2.24, 2.45) is 5.92 Å². The number of hydrogen-bond donors (Lipinski definition) is 2. The zero-order chi connectivity index (χ0) is 13.5. The second kappa shape index (κ2) is 6.91. The van der Waals surface area contributed by atoms with E-state index in [1.807, 2.05) is 0 Å². The lowest BCUT2D eigenvalue weighted by molar-refractivity contribution is 0.0947. The summed E-state index contributed by atoms with van der Waals surface area (Å²) < 4.78 is 0. The standard InChI is InChI=1S/C15H18N2O2/c18-11-3-6-13-5-2-9-16-14(13)15(19)17-10-1-4-12-7-8-12/h2,5,9,12,18H,1,4,7-8,10-11H2,(H,17,19). The average molecular weight is 258 g/mol. The van der Waals surface area contributed by atoms with E-state index in [0.29, 0.717) is 17.8 Å². The van der Waals surface area contributed by atoms with Crippen molar-refractivity contribution in [3.63, 3.8) is 0 Å². The number of amides is 1. The highest BCUT2D eigenvalue weighted by molar-refractivity contribution is 5.94. The van der Waals surface area contributed by atoms with Gasteiger partial charge in [0, 0.05) is 12.7 Å². The van der Waals surface area contributed by atoms with Crippen molar-refractivity contribution in [1.82, 2.24) is 10.3 Å². The fourth-order valence-electron chi connectivity index (χ4n) is 1.90. The lowest BCUT2D eigenvalue weighted by Gasteiger charge is -2.05. The largest absolute Gasteiger partial charge is 0.384 e. The summed E-state index contributed by atoms with van der Waals surface area (Å²) in [6.07, 6.45) is 6.47. The first-order valence-corrected chi connectivity index (χ1v) is 6.64. The lowest BCUT2D eigenvalue weighted by atomic mass is 10.2. The number of aliphatic hydroxyl groups excluding tert-OH is 1. The molecule has 1 saturated carbocycles. The van der Waals surface area contributed by atoms with Crippen molar-refractivity contribution in [2.45, 2.75) is 25.7 Å². The number of carbonyl (C=O) groups is 1. The van der Waals surface area contributed by atoms with Gasteiger partial charge in [-0.1, -0.05) is 24.7 Å². The highest BCUT2D eigenvalue weighted by Gasteiger charge is 2.20. The molecule has 0 saturated heterocycles. The minimum absolute atomic E-state index is 0.196. The Morgan fingerprint density at radius 1 is 1.53 bits per heavy atom. The van der Waals surface area contributed by atoms with E-state index in [2.05, 4.69) is 22.1 Å². The van der Waals surface area contributed by atoms with Gasteiger partial charge in [-0.05, 0) is 30.9 Å². The molecule has 0 aromatic carbocycles. The molecule has 0 bridgehead atoms. The Bertz CT molecular complexity index is 498. The van der Waals surface area contributed by atoms with Crippen molar-refractivity contribution in [2.75, 3.05) is 13.2 Å². The van der Waals surface area contributed by atoms with E-state index in [-0.39, 0.29) is 12.5 Å². The van der Waals surface area contributed by atoms with Gasteiger partial charge < -0.3 is 10.4 Å². The lowest BCUT2D eigenvalue weighted by Crippen LogP contribution is -2.26. The molecule has 0 aliphatic heterocycles. The van der Waals surface area contributed by atoms with Crippen LogP contribution in [0.4, 0.5) is 0 Å². The van der Waals surface area contributed by atoms with Gasteiger partial charge in [0.15, 0.2) is 0 Å². The molecule has 1 heterocycles. The van der Waals surface area contributed by atoms with Gasteiger partial charge in [-0.25, -0.2) is 4.98 Å². The van der Waals surface area contributed by atoms with Crippen LogP contribution in [0.5, 0.6) is 0 Å². The van der Waals surface area contributed by atoms with Crippen LogP contribution in [-0.2, 0) is 0 Å². The van der Waals surface area contributed by atoms with Gasteiger partial charge in [0.1, 0.15) is 12.3 Å². The van der Waals surface area contributed by atoms with Gasteiger partial charge in [0.05, 0.1) is 5.56 Å². The molecule has 4 heteroatoms. The zero-order valence-corrected chi connectivity index (χ0v) is 10.9. The molecule has 0 spiro atoms. The molecule has 1 aliphatic rings. The molecule has 19 heavy (non-hydrogen) atoms. The predicted molar refractivity (Wildman–Crippen MR) is 72.5 cm³/mol. The molecule has 2 rings (SSSR count). The normalized spacial score (nSPS) is 13.5. The van der Waals surface area contributed by atoms with Crippen LogP contribution in [0.25, 0.3) is 0 Å². The van der Waals surface area contributed by atoms with Gasteiger partial charge in [0.2, 0.25) is 0 Å². The first-order chi connectivity index (χ1) is 9.31. The predicted octanol–water partition coefficient (Wildman–Crippen LogP) is 1.35. The highest BCUT2D eigenvalue weighted by Crippen LogP contribution is 2.33. The summed E-state index contributed by atoms with van der Waals surface area (Å²) in [6.45, 7) is 0.454. The van der Waals surface area contributed by atoms with Gasteiger partial charge >= 0.3 is 0 Å². The number of aliphatic hydroxyl groups is 1. The Labute approximate surface area is 113 Å². The van der Waals surface area contributed by atoms with E-state index in [1.54, 1.807) is 18.3 Å². The Hall–Kier alpha value is -1.86. The number of hydrogen-bond acceptors (Lipinski definition) is 3. The van der Waals surface area contributed by atoms with E-state index in [9.17, 15) is 4.79 Å². The van der Waals surface area contributed by atoms with Crippen LogP contribution in [0.3, 0.4) is 0 Å². The van der Waals surface area contributed by atoms with Crippen LogP contribution in [0, 0.1) is 17.8 Å². The van der Waals surface area contributed by atoms with Crippen LogP contribution >= 0.6 is 0 Å². The maximum Gasteiger partial charge on any atom is 0.271 e. The number of aromatic nitrogens is 1. The van der Waals surface area contributed by atoms with Crippen LogP contribution < -0.4 is 5.32 Å². The molecule has 1 fully saturated rings. The molecule has 0 unspecified atom stereocenters. The van der Waals surface area contributed by atoms with E-state index in [1.165, 1.54) is 19.3 Å². The molecule has 1 aromatic heterocycles. The maximum absolute atomic E-state index is 12.0. The minimum atomic E-state index is -0.225. The molecule has 100 valence electrons. The second-order valence-electron chi connectivity index (χ2n) is 4.70. The summed E-state index contributed by atoms with van der Waals surface area (Å²) in [5, 5.41) is 11.6. The topological polar surface area (TPSA) is 62.2 Å². The third-order valence-electron chi connectivity index (χ3n) is 3.10. The van der Waals surface area contributed by atoms with Crippen LogP contribution in [-0.4, -0.2) is 29.1 Å². The van der Waals surface area contributed by atoms with Crippen molar-refractivity contribution in [3.05, 3.63) is 29.6 Å². The summed E-state index contributed by atoms with van der Waals surface area (Å²) >= 11 is 0. The molecule has 4 nitrogen and oxygen atoms in total. The third-order valence-corrected chi connectivity index (χ3v) is 3.10. The SMILES string of the molecule is O=C(NCCCC1CC1)c1ncccc1C#CCO. The van der Waals surface area contributed by atoms with Crippen LogP contribution in [0.1, 0.15) is 41.7 Å². The molecule has 1 aliphatic carbocycles. The Kier molecular flexibility index (Phi) is 4.93. The summed E-state index contributed by atoms with van der Waals surface area (Å²) in [5.74, 6) is 5.97. The Morgan fingerprint density at radius 2 is 2.37 bits per heavy atom. The molecule has 0 radical (unpaired) electrons. The van der Waals surface area contributed by atoms with E-state index in [0.717, 1.165) is 12.3 Å². The van der Waals surface area contributed by atoms with E-state index < -0.39 is 0 Å². The van der Waals surface area contributed by atoms with Gasteiger partial charge in [0.25, 0.3) is 5.91 Å². The molecular formula is C15H18N2O2. The summed E-state index contributed by atoms with van der Waals surface area (Å²) in [6, 6.07) is 3.46. The maximum atomic E-state index is 12.0. The first-order valence-electron chi connectivity index (χ1n) is 6.64. The molecule has 1 aromatic rings. The Morgan fingerprint density at radius 3 is 3.11 bits per heavy atom. The third kappa shape index (κ3) is 4.38. The summed E-state index contributed by atoms with van der Waals surface area (Å²) in [7, 11) is 0.